The van der Waals surface area contributed by atoms with E-state index in [4.69, 9.17) is 9.47 Å². The Morgan fingerprint density at radius 1 is 0.587 bits per heavy atom. The SMILES string of the molecule is COc1ccc(C2(c3ccc(Oc4ccc(C(=O)c5ccc(C)cc5)cc4)cc3)c3ccccc3C(=O)N2c2ccccc2)cc1. The second-order valence-electron chi connectivity index (χ2n) is 11.3. The third kappa shape index (κ3) is 4.92. The van der Waals surface area contributed by atoms with Gasteiger partial charge >= 0.3 is 0 Å². The van der Waals surface area contributed by atoms with Crippen molar-refractivity contribution in [3.05, 3.63) is 191 Å². The molecule has 224 valence electrons. The number of ketones is 1. The number of carbonyl (C=O) groups is 2. The van der Waals surface area contributed by atoms with Crippen molar-refractivity contribution in [2.24, 2.45) is 0 Å². The van der Waals surface area contributed by atoms with E-state index in [-0.39, 0.29) is 11.7 Å². The minimum atomic E-state index is -0.947. The normalized spacial score (nSPS) is 15.3. The average molecular weight is 602 g/mol. The van der Waals surface area contributed by atoms with E-state index >= 15 is 0 Å². The number of hydrogen-bond acceptors (Lipinski definition) is 4. The zero-order valence-corrected chi connectivity index (χ0v) is 25.5. The highest BCUT2D eigenvalue weighted by Crippen LogP contribution is 2.51. The molecule has 0 fully saturated rings. The molecule has 0 bridgehead atoms. The second-order valence-corrected chi connectivity index (χ2v) is 11.3. The molecule has 5 nitrogen and oxygen atoms in total. The number of nitrogens with zero attached hydrogens (tertiary/aromatic N) is 1. The van der Waals surface area contributed by atoms with Crippen LogP contribution in [0.3, 0.4) is 0 Å². The maximum Gasteiger partial charge on any atom is 0.260 e. The van der Waals surface area contributed by atoms with Crippen LogP contribution in [0.2, 0.25) is 0 Å². The summed E-state index contributed by atoms with van der Waals surface area (Å²) in [5.41, 5.74) is 5.59. The van der Waals surface area contributed by atoms with Crippen LogP contribution < -0.4 is 14.4 Å². The lowest BCUT2D eigenvalue weighted by Crippen LogP contribution is -2.46. The van der Waals surface area contributed by atoms with Crippen molar-refractivity contribution in [2.45, 2.75) is 12.5 Å². The van der Waals surface area contributed by atoms with Gasteiger partial charge in [0.05, 0.1) is 7.11 Å². The Labute approximate surface area is 268 Å². The van der Waals surface area contributed by atoms with E-state index in [1.165, 1.54) is 0 Å². The minimum absolute atomic E-state index is 0.0332. The summed E-state index contributed by atoms with van der Waals surface area (Å²) in [6.07, 6.45) is 0. The monoisotopic (exact) mass is 601 g/mol. The number of methoxy groups -OCH3 is 1. The van der Waals surface area contributed by atoms with E-state index in [0.717, 1.165) is 33.7 Å². The number of benzene rings is 6. The third-order valence-corrected chi connectivity index (χ3v) is 8.55. The molecule has 1 unspecified atom stereocenters. The summed E-state index contributed by atoms with van der Waals surface area (Å²) in [5.74, 6) is 1.88. The molecule has 0 saturated carbocycles. The molecule has 1 atom stereocenters. The quantitative estimate of drug-likeness (QED) is 0.163. The molecular formula is C41H31NO4. The van der Waals surface area contributed by atoms with E-state index in [0.29, 0.717) is 28.2 Å². The van der Waals surface area contributed by atoms with Crippen LogP contribution in [0.4, 0.5) is 5.69 Å². The highest BCUT2D eigenvalue weighted by molar-refractivity contribution is 6.14. The summed E-state index contributed by atoms with van der Waals surface area (Å²) < 4.78 is 11.7. The van der Waals surface area contributed by atoms with Gasteiger partial charge in [-0.25, -0.2) is 0 Å². The summed E-state index contributed by atoms with van der Waals surface area (Å²) in [6.45, 7) is 2.00. The molecule has 7 rings (SSSR count). The Bertz CT molecular complexity index is 2020. The van der Waals surface area contributed by atoms with Gasteiger partial charge in [-0.1, -0.05) is 90.5 Å². The van der Waals surface area contributed by atoms with Crippen molar-refractivity contribution < 1.29 is 19.1 Å². The van der Waals surface area contributed by atoms with Gasteiger partial charge in [-0.05, 0) is 90.3 Å². The molecule has 46 heavy (non-hydrogen) atoms. The number of rotatable bonds is 8. The fraction of sp³-hybridized carbons (Fsp3) is 0.0732. The number of hydrogen-bond donors (Lipinski definition) is 0. The number of ether oxygens (including phenoxy) is 2. The highest BCUT2D eigenvalue weighted by Gasteiger charge is 2.52. The minimum Gasteiger partial charge on any atom is -0.497 e. The third-order valence-electron chi connectivity index (χ3n) is 8.55. The standard InChI is InChI=1S/C41H31NO4/c1-28-12-14-29(15-13-28)39(43)30-16-22-35(23-17-30)46-36-26-20-32(21-27-36)41(31-18-24-34(45-2)25-19-31)38-11-7-6-10-37(38)40(44)42(41)33-8-4-3-5-9-33/h3-27H,1-2H3. The first-order chi connectivity index (χ1) is 22.5. The zero-order valence-electron chi connectivity index (χ0n) is 25.5. The number of para-hydroxylation sites is 1. The molecule has 0 saturated heterocycles. The predicted molar refractivity (Wildman–Crippen MR) is 180 cm³/mol. The van der Waals surface area contributed by atoms with Gasteiger partial charge in [-0.15, -0.1) is 0 Å². The Morgan fingerprint density at radius 2 is 1.09 bits per heavy atom. The van der Waals surface area contributed by atoms with Gasteiger partial charge < -0.3 is 9.47 Å². The summed E-state index contributed by atoms with van der Waals surface area (Å²) in [5, 5.41) is 0. The van der Waals surface area contributed by atoms with Crippen LogP contribution in [-0.2, 0) is 5.54 Å². The first-order valence-electron chi connectivity index (χ1n) is 15.1. The summed E-state index contributed by atoms with van der Waals surface area (Å²) in [7, 11) is 1.64. The van der Waals surface area contributed by atoms with E-state index in [1.807, 2.05) is 139 Å². The van der Waals surface area contributed by atoms with Crippen molar-refractivity contribution in [3.63, 3.8) is 0 Å². The second kappa shape index (κ2) is 11.9. The maximum absolute atomic E-state index is 14.2. The first kappa shape index (κ1) is 28.8. The van der Waals surface area contributed by atoms with Gasteiger partial charge in [0.15, 0.2) is 5.78 Å². The maximum atomic E-state index is 14.2. The molecule has 1 aliphatic heterocycles. The molecule has 6 aromatic rings. The largest absolute Gasteiger partial charge is 0.497 e. The topological polar surface area (TPSA) is 55.8 Å². The average Bonchev–Trinajstić information content (AvgIpc) is 3.38. The number of anilines is 1. The summed E-state index contributed by atoms with van der Waals surface area (Å²) in [4.78, 5) is 29.0. The predicted octanol–water partition coefficient (Wildman–Crippen LogP) is 8.98. The Balaban J connectivity index is 1.27. The molecule has 1 heterocycles. The molecule has 5 heteroatoms. The van der Waals surface area contributed by atoms with Gasteiger partial charge in [0.1, 0.15) is 22.8 Å². The lowest BCUT2D eigenvalue weighted by molar-refractivity contribution is 0.0985. The van der Waals surface area contributed by atoms with E-state index in [1.54, 1.807) is 31.4 Å². The van der Waals surface area contributed by atoms with Gasteiger partial charge in [-0.2, -0.15) is 0 Å². The molecular weight excluding hydrogens is 570 g/mol. The van der Waals surface area contributed by atoms with Crippen molar-refractivity contribution in [2.75, 3.05) is 12.0 Å². The van der Waals surface area contributed by atoms with E-state index in [2.05, 4.69) is 0 Å². The number of amides is 1. The fourth-order valence-electron chi connectivity index (χ4n) is 6.28. The van der Waals surface area contributed by atoms with Crippen LogP contribution in [-0.4, -0.2) is 18.8 Å². The lowest BCUT2D eigenvalue weighted by atomic mass is 9.76. The number of fused-ring (bicyclic) bond motifs is 1. The zero-order chi connectivity index (χ0) is 31.7. The molecule has 0 aliphatic carbocycles. The van der Waals surface area contributed by atoms with Gasteiger partial charge in [0, 0.05) is 22.4 Å². The molecule has 0 radical (unpaired) electrons. The van der Waals surface area contributed by atoms with Crippen LogP contribution in [0.15, 0.2) is 152 Å². The molecule has 0 aromatic heterocycles. The fourth-order valence-corrected chi connectivity index (χ4v) is 6.28. The number of carbonyl (C=O) groups excluding carboxylic acids is 2. The van der Waals surface area contributed by atoms with E-state index in [9.17, 15) is 9.59 Å². The van der Waals surface area contributed by atoms with Gasteiger partial charge in [0.2, 0.25) is 0 Å². The van der Waals surface area contributed by atoms with Crippen molar-refractivity contribution >= 4 is 17.4 Å². The Kier molecular flexibility index (Phi) is 7.43. The molecule has 0 spiro atoms. The first-order valence-corrected chi connectivity index (χ1v) is 15.1. The number of aryl methyl sites for hydroxylation is 1. The van der Waals surface area contributed by atoms with Crippen molar-refractivity contribution in [3.8, 4) is 17.2 Å². The van der Waals surface area contributed by atoms with Crippen LogP contribution >= 0.6 is 0 Å². The molecule has 1 aliphatic rings. The summed E-state index contributed by atoms with van der Waals surface area (Å²) >= 11 is 0. The molecule has 1 amide bonds. The molecule has 6 aromatic carbocycles. The smallest absolute Gasteiger partial charge is 0.260 e. The lowest BCUT2D eigenvalue weighted by Gasteiger charge is -2.40. The highest BCUT2D eigenvalue weighted by atomic mass is 16.5. The van der Waals surface area contributed by atoms with E-state index < -0.39 is 5.54 Å². The molecule has 0 N–H and O–H groups in total. The van der Waals surface area contributed by atoms with Gasteiger partial charge in [0.25, 0.3) is 5.91 Å². The Morgan fingerprint density at radius 3 is 1.67 bits per heavy atom. The van der Waals surface area contributed by atoms with Crippen LogP contribution in [0.25, 0.3) is 0 Å². The van der Waals surface area contributed by atoms with Crippen molar-refractivity contribution in [1.82, 2.24) is 0 Å². The van der Waals surface area contributed by atoms with Crippen LogP contribution in [0.5, 0.6) is 17.2 Å². The van der Waals surface area contributed by atoms with Crippen LogP contribution in [0, 0.1) is 6.92 Å². The summed E-state index contributed by atoms with van der Waals surface area (Å²) in [6, 6.07) is 48.1. The van der Waals surface area contributed by atoms with Crippen molar-refractivity contribution in [1.29, 1.82) is 0 Å². The Hall–Kier alpha value is -5.94. The van der Waals surface area contributed by atoms with Crippen LogP contribution in [0.1, 0.15) is 48.5 Å². The van der Waals surface area contributed by atoms with Gasteiger partial charge in [-0.3, -0.25) is 14.5 Å².